The van der Waals surface area contributed by atoms with Gasteiger partial charge >= 0.3 is 6.03 Å². The van der Waals surface area contributed by atoms with Gasteiger partial charge in [0.2, 0.25) is 0 Å². The summed E-state index contributed by atoms with van der Waals surface area (Å²) in [6.07, 6.45) is 1.65. The van der Waals surface area contributed by atoms with Crippen LogP contribution in [-0.4, -0.2) is 18.5 Å². The number of ether oxygens (including phenoxy) is 2. The van der Waals surface area contributed by atoms with E-state index in [4.69, 9.17) is 9.47 Å². The van der Waals surface area contributed by atoms with E-state index in [1.807, 2.05) is 56.3 Å². The number of amides is 3. The van der Waals surface area contributed by atoms with Crippen LogP contribution in [0.15, 0.2) is 72.4 Å². The molecule has 1 aliphatic heterocycles. The number of urea groups is 1. The molecule has 7 heteroatoms. The largest absolute Gasteiger partial charge is 0.490 e. The molecular weight excluding hydrogens is 531 g/mol. The summed E-state index contributed by atoms with van der Waals surface area (Å²) in [6, 6.07) is 20.2. The molecule has 0 atom stereocenters. The van der Waals surface area contributed by atoms with Crippen molar-refractivity contribution in [2.45, 2.75) is 20.5 Å². The summed E-state index contributed by atoms with van der Waals surface area (Å²) in [5.41, 5.74) is 3.71. The highest BCUT2D eigenvalue weighted by molar-refractivity contribution is 14.1. The summed E-state index contributed by atoms with van der Waals surface area (Å²) in [5, 5.41) is 2.66. The summed E-state index contributed by atoms with van der Waals surface area (Å²) in [5.74, 6) is 0.826. The lowest BCUT2D eigenvalue weighted by Gasteiger charge is -2.15. The number of carbonyl (C=O) groups is 2. The minimum atomic E-state index is -0.477. The first-order valence-electron chi connectivity index (χ1n) is 10.5. The molecule has 4 rings (SSSR count). The van der Waals surface area contributed by atoms with E-state index in [1.165, 1.54) is 5.56 Å². The molecule has 33 heavy (non-hydrogen) atoms. The molecule has 0 aliphatic carbocycles. The zero-order valence-electron chi connectivity index (χ0n) is 18.3. The smallest absolute Gasteiger partial charge is 0.333 e. The van der Waals surface area contributed by atoms with E-state index in [0.717, 1.165) is 19.6 Å². The molecule has 3 aromatic rings. The third-order valence-corrected chi connectivity index (χ3v) is 5.84. The third-order valence-electron chi connectivity index (χ3n) is 5.04. The first kappa shape index (κ1) is 22.8. The zero-order valence-corrected chi connectivity index (χ0v) is 20.5. The van der Waals surface area contributed by atoms with E-state index in [9.17, 15) is 9.59 Å². The van der Waals surface area contributed by atoms with Crippen LogP contribution >= 0.6 is 22.6 Å². The molecule has 0 saturated carbocycles. The van der Waals surface area contributed by atoms with Crippen molar-refractivity contribution >= 4 is 46.3 Å². The van der Waals surface area contributed by atoms with Crippen LogP contribution in [0.3, 0.4) is 0 Å². The van der Waals surface area contributed by atoms with Crippen LogP contribution in [0.25, 0.3) is 6.08 Å². The second-order valence-corrected chi connectivity index (χ2v) is 8.66. The van der Waals surface area contributed by atoms with Crippen LogP contribution in [0.2, 0.25) is 0 Å². The number of benzene rings is 3. The average molecular weight is 554 g/mol. The number of rotatable bonds is 7. The molecule has 168 valence electrons. The molecule has 1 fully saturated rings. The summed E-state index contributed by atoms with van der Waals surface area (Å²) >= 11 is 2.19. The van der Waals surface area contributed by atoms with E-state index in [-0.39, 0.29) is 5.70 Å². The van der Waals surface area contributed by atoms with Gasteiger partial charge in [-0.05, 0) is 77.9 Å². The molecule has 6 nitrogen and oxygen atoms in total. The molecule has 1 aliphatic rings. The van der Waals surface area contributed by atoms with Crippen molar-refractivity contribution in [3.63, 3.8) is 0 Å². The molecular formula is C26H23IN2O4. The molecule has 0 bridgehead atoms. The molecule has 1 saturated heterocycles. The topological polar surface area (TPSA) is 67.9 Å². The molecule has 1 N–H and O–H groups in total. The van der Waals surface area contributed by atoms with Gasteiger partial charge in [0.25, 0.3) is 5.91 Å². The van der Waals surface area contributed by atoms with E-state index < -0.39 is 11.9 Å². The molecule has 0 radical (unpaired) electrons. The number of hydrogen-bond donors (Lipinski definition) is 1. The number of halogens is 1. The second-order valence-electron chi connectivity index (χ2n) is 7.50. The van der Waals surface area contributed by atoms with Crippen molar-refractivity contribution in [1.29, 1.82) is 0 Å². The Balaban J connectivity index is 1.59. The maximum Gasteiger partial charge on any atom is 0.333 e. The lowest BCUT2D eigenvalue weighted by atomic mass is 10.1. The Morgan fingerprint density at radius 1 is 1.00 bits per heavy atom. The fraction of sp³-hybridized carbons (Fsp3) is 0.154. The highest BCUT2D eigenvalue weighted by Gasteiger charge is 2.34. The van der Waals surface area contributed by atoms with Crippen LogP contribution in [0.5, 0.6) is 11.5 Å². The van der Waals surface area contributed by atoms with Gasteiger partial charge in [0.1, 0.15) is 12.3 Å². The Hall–Kier alpha value is -3.33. The summed E-state index contributed by atoms with van der Waals surface area (Å²) in [6.45, 7) is 4.83. The van der Waals surface area contributed by atoms with Crippen molar-refractivity contribution in [3.8, 4) is 11.5 Å². The van der Waals surface area contributed by atoms with Gasteiger partial charge in [-0.1, -0.05) is 48.0 Å². The predicted octanol–water partition coefficient (Wildman–Crippen LogP) is 5.67. The number of aryl methyl sites for hydroxylation is 1. The molecule has 1 heterocycles. The summed E-state index contributed by atoms with van der Waals surface area (Å²) in [4.78, 5) is 26.4. The SMILES string of the molecule is CCOc1cc(/C=C2/NC(=O)N(c3ccccc3)C2=O)cc(I)c1OCc1ccc(C)cc1. The molecule has 0 unspecified atom stereocenters. The quantitative estimate of drug-likeness (QED) is 0.232. The van der Waals surface area contributed by atoms with Gasteiger partial charge < -0.3 is 14.8 Å². The van der Waals surface area contributed by atoms with E-state index in [0.29, 0.717) is 30.4 Å². The van der Waals surface area contributed by atoms with E-state index in [1.54, 1.807) is 30.3 Å². The number of nitrogens with zero attached hydrogens (tertiary/aromatic N) is 1. The lowest BCUT2D eigenvalue weighted by molar-refractivity contribution is -0.113. The molecule has 0 spiro atoms. The van der Waals surface area contributed by atoms with Gasteiger partial charge in [0.15, 0.2) is 11.5 Å². The van der Waals surface area contributed by atoms with Crippen LogP contribution in [0.1, 0.15) is 23.6 Å². The summed E-state index contributed by atoms with van der Waals surface area (Å²) in [7, 11) is 0. The Morgan fingerprint density at radius 3 is 2.42 bits per heavy atom. The number of nitrogens with one attached hydrogen (secondary N) is 1. The van der Waals surface area contributed by atoms with Gasteiger partial charge in [0, 0.05) is 0 Å². The Kier molecular flexibility index (Phi) is 6.98. The van der Waals surface area contributed by atoms with Crippen molar-refractivity contribution < 1.29 is 19.1 Å². The Labute approximate surface area is 206 Å². The fourth-order valence-corrected chi connectivity index (χ4v) is 4.21. The third kappa shape index (κ3) is 5.19. The fourth-order valence-electron chi connectivity index (χ4n) is 3.43. The standard InChI is InChI=1S/C26H23IN2O4/c1-3-32-23-15-19(13-21(27)24(23)33-16-18-11-9-17(2)10-12-18)14-22-25(30)29(26(31)28-22)20-7-5-4-6-8-20/h4-15H,3,16H2,1-2H3,(H,28,31)/b22-14+. The van der Waals surface area contributed by atoms with Crippen molar-refractivity contribution in [3.05, 3.63) is 92.7 Å². The number of hydrogen-bond acceptors (Lipinski definition) is 4. The second kappa shape index (κ2) is 10.1. The molecule has 3 amide bonds. The van der Waals surface area contributed by atoms with Crippen molar-refractivity contribution in [2.24, 2.45) is 0 Å². The summed E-state index contributed by atoms with van der Waals surface area (Å²) < 4.78 is 12.8. The minimum absolute atomic E-state index is 0.204. The number of para-hydroxylation sites is 1. The van der Waals surface area contributed by atoms with E-state index in [2.05, 4.69) is 27.9 Å². The van der Waals surface area contributed by atoms with Gasteiger partial charge in [-0.25, -0.2) is 9.69 Å². The number of carbonyl (C=O) groups excluding carboxylic acids is 2. The Morgan fingerprint density at radius 2 is 1.73 bits per heavy atom. The van der Waals surface area contributed by atoms with Crippen molar-refractivity contribution in [1.82, 2.24) is 5.32 Å². The molecule has 0 aromatic heterocycles. The van der Waals surface area contributed by atoms with Gasteiger partial charge in [-0.2, -0.15) is 0 Å². The van der Waals surface area contributed by atoms with E-state index >= 15 is 0 Å². The highest BCUT2D eigenvalue weighted by atomic mass is 127. The number of imide groups is 1. The predicted molar refractivity (Wildman–Crippen MR) is 136 cm³/mol. The monoisotopic (exact) mass is 554 g/mol. The van der Waals surface area contributed by atoms with Crippen LogP contribution < -0.4 is 19.7 Å². The van der Waals surface area contributed by atoms with Crippen LogP contribution in [0, 0.1) is 10.5 Å². The average Bonchev–Trinajstić information content (AvgIpc) is 3.08. The zero-order chi connectivity index (χ0) is 23.4. The van der Waals surface area contributed by atoms with Gasteiger partial charge in [0.05, 0.1) is 15.9 Å². The van der Waals surface area contributed by atoms with Crippen LogP contribution in [-0.2, 0) is 11.4 Å². The van der Waals surface area contributed by atoms with Crippen molar-refractivity contribution in [2.75, 3.05) is 11.5 Å². The minimum Gasteiger partial charge on any atom is -0.490 e. The maximum absolute atomic E-state index is 12.9. The Bertz CT molecular complexity index is 1210. The lowest BCUT2D eigenvalue weighted by Crippen LogP contribution is -2.30. The number of anilines is 1. The molecule has 3 aromatic carbocycles. The highest BCUT2D eigenvalue weighted by Crippen LogP contribution is 2.36. The van der Waals surface area contributed by atoms with Gasteiger partial charge in [-0.15, -0.1) is 0 Å². The maximum atomic E-state index is 12.9. The van der Waals surface area contributed by atoms with Gasteiger partial charge in [-0.3, -0.25) is 4.79 Å². The normalized spacial score (nSPS) is 14.5. The first-order chi connectivity index (χ1) is 16.0. The first-order valence-corrected chi connectivity index (χ1v) is 11.6. The van der Waals surface area contributed by atoms with Crippen LogP contribution in [0.4, 0.5) is 10.5 Å².